The lowest BCUT2D eigenvalue weighted by atomic mass is 10.00. The van der Waals surface area contributed by atoms with Gasteiger partial charge in [-0.2, -0.15) is 0 Å². The number of aliphatic hydroxyl groups is 1. The van der Waals surface area contributed by atoms with E-state index in [1.165, 1.54) is 0 Å². The van der Waals surface area contributed by atoms with Crippen LogP contribution in [-0.4, -0.2) is 57.0 Å². The number of amides is 2. The molecular weight excluding hydrogens is 555 g/mol. The Kier molecular flexibility index (Phi) is 9.56. The van der Waals surface area contributed by atoms with Gasteiger partial charge in [0, 0.05) is 52.9 Å². The van der Waals surface area contributed by atoms with Crippen molar-refractivity contribution < 1.29 is 14.7 Å². The third kappa shape index (κ3) is 7.45. The topological polar surface area (TPSA) is 107 Å². The number of hydrogen-bond acceptors (Lipinski definition) is 8. The van der Waals surface area contributed by atoms with Crippen molar-refractivity contribution in [1.29, 1.82) is 0 Å². The van der Waals surface area contributed by atoms with Gasteiger partial charge in [0.15, 0.2) is 0 Å². The van der Waals surface area contributed by atoms with Crippen LogP contribution in [0, 0.1) is 13.8 Å². The van der Waals surface area contributed by atoms with Gasteiger partial charge < -0.3 is 20.6 Å². The number of aromatic nitrogens is 2. The van der Waals surface area contributed by atoms with E-state index in [1.807, 2.05) is 59.8 Å². The molecule has 2 amide bonds. The number of carbonyl (C=O) groups excluding carboxylic acids is 2. The lowest BCUT2D eigenvalue weighted by Gasteiger charge is -2.25. The largest absolute Gasteiger partial charge is 0.390 e. The normalized spacial score (nSPS) is 16.5. The molecule has 214 valence electrons. The van der Waals surface area contributed by atoms with Gasteiger partial charge in [-0.1, -0.05) is 36.4 Å². The van der Waals surface area contributed by atoms with Gasteiger partial charge in [-0.25, -0.2) is 9.97 Å². The average Bonchev–Trinajstić information content (AvgIpc) is 3.74. The van der Waals surface area contributed by atoms with Crippen LogP contribution in [0.25, 0.3) is 0 Å². The van der Waals surface area contributed by atoms with Crippen molar-refractivity contribution in [3.05, 3.63) is 103 Å². The molecule has 0 bridgehead atoms. The predicted molar refractivity (Wildman–Crippen MR) is 162 cm³/mol. The first kappa shape index (κ1) is 29.1. The van der Waals surface area contributed by atoms with Crippen LogP contribution < -0.4 is 10.6 Å². The van der Waals surface area contributed by atoms with E-state index in [9.17, 15) is 14.7 Å². The van der Waals surface area contributed by atoms with E-state index in [4.69, 9.17) is 0 Å². The van der Waals surface area contributed by atoms with Crippen molar-refractivity contribution in [1.82, 2.24) is 25.5 Å². The molecule has 5 rings (SSSR count). The minimum Gasteiger partial charge on any atom is -0.390 e. The van der Waals surface area contributed by atoms with Crippen molar-refractivity contribution in [3.63, 3.8) is 0 Å². The van der Waals surface area contributed by atoms with Gasteiger partial charge in [0.05, 0.1) is 18.2 Å². The Morgan fingerprint density at radius 2 is 1.78 bits per heavy atom. The Labute approximate surface area is 248 Å². The molecule has 2 aromatic heterocycles. The molecule has 4 aromatic rings. The number of nitrogens with one attached hydrogen (secondary N) is 2. The predicted octanol–water partition coefficient (Wildman–Crippen LogP) is 4.69. The Morgan fingerprint density at radius 3 is 2.51 bits per heavy atom. The Balaban J connectivity index is 1.27. The van der Waals surface area contributed by atoms with Crippen molar-refractivity contribution in [3.8, 4) is 0 Å². The highest BCUT2D eigenvalue weighted by atomic mass is 32.1. The molecule has 2 aromatic carbocycles. The average molecular weight is 590 g/mol. The van der Waals surface area contributed by atoms with E-state index >= 15 is 0 Å². The van der Waals surface area contributed by atoms with Crippen LogP contribution in [0.5, 0.6) is 0 Å². The summed E-state index contributed by atoms with van der Waals surface area (Å²) in [6.45, 7) is 5.42. The number of rotatable bonds is 11. The third-order valence-corrected chi connectivity index (χ3v) is 9.21. The molecule has 1 saturated heterocycles. The summed E-state index contributed by atoms with van der Waals surface area (Å²) in [5.41, 5.74) is 3.80. The highest BCUT2D eigenvalue weighted by Gasteiger charge is 2.33. The summed E-state index contributed by atoms with van der Waals surface area (Å²) in [4.78, 5) is 37.9. The maximum absolute atomic E-state index is 13.5. The summed E-state index contributed by atoms with van der Waals surface area (Å²) in [6, 6.07) is 16.0. The molecule has 0 radical (unpaired) electrons. The van der Waals surface area contributed by atoms with Gasteiger partial charge in [0.2, 0.25) is 0 Å². The maximum atomic E-state index is 13.5. The lowest BCUT2D eigenvalue weighted by molar-refractivity contribution is 0.0735. The number of aryl methyl sites for hydroxylation is 2. The number of nitrogens with zero attached hydrogens (tertiary/aromatic N) is 3. The molecule has 41 heavy (non-hydrogen) atoms. The number of hydrogen-bond donors (Lipinski definition) is 3. The first-order valence-corrected chi connectivity index (χ1v) is 15.6. The van der Waals surface area contributed by atoms with Crippen LogP contribution >= 0.6 is 22.7 Å². The van der Waals surface area contributed by atoms with E-state index in [1.54, 1.807) is 46.9 Å². The van der Waals surface area contributed by atoms with Crippen molar-refractivity contribution >= 4 is 34.5 Å². The van der Waals surface area contributed by atoms with Gasteiger partial charge >= 0.3 is 0 Å². The summed E-state index contributed by atoms with van der Waals surface area (Å²) in [5, 5.41) is 23.3. The molecule has 1 aliphatic heterocycles. The summed E-state index contributed by atoms with van der Waals surface area (Å²) >= 11 is 3.16. The lowest BCUT2D eigenvalue weighted by Crippen LogP contribution is -2.48. The SMILES string of the molecule is Cc1csc(CNC[C@H](O)[C@H](Cc2ccccc2)NC(=O)c2cccc(C(=O)N3CCC[C@@H]3c3nc(C)cs3)c2)n1. The fraction of sp³-hybridized carbons (Fsp3) is 0.355. The molecule has 0 saturated carbocycles. The number of carbonyl (C=O) groups is 2. The van der Waals surface area contributed by atoms with Crippen molar-refractivity contribution in [2.24, 2.45) is 0 Å². The maximum Gasteiger partial charge on any atom is 0.254 e. The Bertz CT molecular complexity index is 1470. The minimum absolute atomic E-state index is 0.0372. The van der Waals surface area contributed by atoms with Crippen molar-refractivity contribution in [2.75, 3.05) is 13.1 Å². The summed E-state index contributed by atoms with van der Waals surface area (Å²) < 4.78 is 0. The molecule has 3 atom stereocenters. The number of likely N-dealkylation sites (tertiary alicyclic amines) is 1. The second kappa shape index (κ2) is 13.5. The number of benzene rings is 2. The van der Waals surface area contributed by atoms with Crippen LogP contribution in [0.2, 0.25) is 0 Å². The van der Waals surface area contributed by atoms with E-state index < -0.39 is 12.1 Å². The quantitative estimate of drug-likeness (QED) is 0.234. The molecule has 0 aliphatic carbocycles. The highest BCUT2D eigenvalue weighted by molar-refractivity contribution is 7.10. The van der Waals surface area contributed by atoms with Crippen LogP contribution in [0.1, 0.15) is 66.6 Å². The van der Waals surface area contributed by atoms with Gasteiger partial charge in [-0.05, 0) is 56.9 Å². The summed E-state index contributed by atoms with van der Waals surface area (Å²) in [7, 11) is 0. The molecule has 0 spiro atoms. The molecule has 1 aliphatic rings. The van der Waals surface area contributed by atoms with E-state index in [-0.39, 0.29) is 17.9 Å². The fourth-order valence-electron chi connectivity index (χ4n) is 5.11. The smallest absolute Gasteiger partial charge is 0.254 e. The van der Waals surface area contributed by atoms with Gasteiger partial charge in [-0.3, -0.25) is 9.59 Å². The molecule has 3 heterocycles. The number of aliphatic hydroxyl groups excluding tert-OH is 1. The zero-order valence-corrected chi connectivity index (χ0v) is 24.9. The van der Waals surface area contributed by atoms with Crippen molar-refractivity contribution in [2.45, 2.75) is 57.8 Å². The summed E-state index contributed by atoms with van der Waals surface area (Å²) in [5.74, 6) is -0.429. The van der Waals surface area contributed by atoms with Crippen LogP contribution in [-0.2, 0) is 13.0 Å². The second-order valence-electron chi connectivity index (χ2n) is 10.4. The van der Waals surface area contributed by atoms with E-state index in [0.717, 1.165) is 39.8 Å². The zero-order chi connectivity index (χ0) is 28.8. The fourth-order valence-corrected chi connectivity index (χ4v) is 6.79. The Morgan fingerprint density at radius 1 is 1.02 bits per heavy atom. The third-order valence-electron chi connectivity index (χ3n) is 7.18. The van der Waals surface area contributed by atoms with Gasteiger partial charge in [0.25, 0.3) is 11.8 Å². The molecule has 8 nitrogen and oxygen atoms in total. The standard InChI is InChI=1S/C31H35N5O3S2/c1-20-18-40-28(33-20)17-32-16-27(37)25(14-22-8-4-3-5-9-22)35-29(38)23-10-6-11-24(15-23)31(39)36-13-7-12-26(36)30-34-21(2)19-41-30/h3-6,8-11,15,18-19,25-27,32,37H,7,12-14,16-17H2,1-2H3,(H,35,38)/t25-,26+,27-/m0/s1. The monoisotopic (exact) mass is 589 g/mol. The molecular formula is C31H35N5O3S2. The first-order valence-electron chi connectivity index (χ1n) is 13.8. The summed E-state index contributed by atoms with van der Waals surface area (Å²) in [6.07, 6.45) is 1.43. The molecule has 0 unspecified atom stereocenters. The minimum atomic E-state index is -0.836. The van der Waals surface area contributed by atoms with Gasteiger partial charge in [0.1, 0.15) is 10.0 Å². The molecule has 3 N–H and O–H groups in total. The zero-order valence-electron chi connectivity index (χ0n) is 23.2. The van der Waals surface area contributed by atoms with Gasteiger partial charge in [-0.15, -0.1) is 22.7 Å². The van der Waals surface area contributed by atoms with Crippen LogP contribution in [0.4, 0.5) is 0 Å². The second-order valence-corrected chi connectivity index (χ2v) is 12.2. The van der Waals surface area contributed by atoms with Crippen LogP contribution in [0.15, 0.2) is 65.4 Å². The van der Waals surface area contributed by atoms with Crippen LogP contribution in [0.3, 0.4) is 0 Å². The molecule has 1 fully saturated rings. The molecule has 10 heteroatoms. The van der Waals surface area contributed by atoms with E-state index in [0.29, 0.717) is 37.2 Å². The Hall–Kier alpha value is -3.44. The van der Waals surface area contributed by atoms with E-state index in [2.05, 4.69) is 20.6 Å². The number of thiazole rings is 2. The highest BCUT2D eigenvalue weighted by Crippen LogP contribution is 2.34. The first-order chi connectivity index (χ1) is 19.9.